The number of aliphatic hydroxyl groups excluding tert-OH is 1. The van der Waals surface area contributed by atoms with Crippen molar-refractivity contribution < 1.29 is 9.90 Å². The van der Waals surface area contributed by atoms with Gasteiger partial charge in [-0.15, -0.1) is 0 Å². The predicted octanol–water partition coefficient (Wildman–Crippen LogP) is 7.39. The Labute approximate surface area is 150 Å². The fraction of sp³-hybridized carbons (Fsp3) is 0.952. The van der Waals surface area contributed by atoms with Gasteiger partial charge in [-0.25, -0.2) is 0 Å². The van der Waals surface area contributed by atoms with Gasteiger partial charge >= 0.3 is 0 Å². The van der Waals surface area contributed by atoms with Crippen LogP contribution in [0.4, 0.5) is 0 Å². The molecule has 0 aromatic rings. The minimum absolute atomic E-state index is 0. The Balaban J connectivity index is -0.0000000444. The van der Waals surface area contributed by atoms with Crippen LogP contribution in [0.2, 0.25) is 0 Å². The molecule has 0 aromatic carbocycles. The van der Waals surface area contributed by atoms with Crippen LogP contribution in [0.15, 0.2) is 0 Å². The van der Waals surface area contributed by atoms with Gasteiger partial charge in [-0.2, -0.15) is 0 Å². The van der Waals surface area contributed by atoms with E-state index >= 15 is 0 Å². The average molecular weight is 337 g/mol. The lowest BCUT2D eigenvalue weighted by Crippen LogP contribution is -2.21. The van der Waals surface area contributed by atoms with Crippen LogP contribution in [0.5, 0.6) is 0 Å². The lowest BCUT2D eigenvalue weighted by Gasteiger charge is -2.21. The molecule has 0 fully saturated rings. The summed E-state index contributed by atoms with van der Waals surface area (Å²) in [7, 11) is 0. The number of carbonyl (C=O) groups excluding carboxylic acids is 1. The van der Waals surface area contributed by atoms with Crippen LogP contribution in [0.1, 0.15) is 112 Å². The lowest BCUT2D eigenvalue weighted by atomic mass is 9.91. The SMILES string of the molecule is C.C.C.CC(=O)C(C)(C)C.CC(O)C(C)(C)C.CCC(C)(C)C. The first-order chi connectivity index (χ1) is 8.45. The molecule has 0 rings (SSSR count). The first-order valence-corrected chi connectivity index (χ1v) is 7.64. The molecule has 0 aliphatic carbocycles. The summed E-state index contributed by atoms with van der Waals surface area (Å²) in [6, 6.07) is 0. The fourth-order valence-corrected chi connectivity index (χ4v) is 0. The van der Waals surface area contributed by atoms with Crippen molar-refractivity contribution in [3.63, 3.8) is 0 Å². The monoisotopic (exact) mass is 336 g/mol. The molecular formula is C21H52O2. The van der Waals surface area contributed by atoms with Crippen LogP contribution < -0.4 is 0 Å². The van der Waals surface area contributed by atoms with Gasteiger partial charge in [0.25, 0.3) is 0 Å². The number of hydrogen-bond donors (Lipinski definition) is 1. The highest BCUT2D eigenvalue weighted by Gasteiger charge is 2.16. The highest BCUT2D eigenvalue weighted by atomic mass is 16.3. The fourth-order valence-electron chi connectivity index (χ4n) is 0. The summed E-state index contributed by atoms with van der Waals surface area (Å²) in [6.07, 6.45) is 1.07. The van der Waals surface area contributed by atoms with E-state index in [4.69, 9.17) is 5.11 Å². The molecule has 0 spiro atoms. The Morgan fingerprint density at radius 1 is 0.870 bits per heavy atom. The van der Waals surface area contributed by atoms with E-state index < -0.39 is 0 Å². The van der Waals surface area contributed by atoms with E-state index in [1.54, 1.807) is 13.8 Å². The van der Waals surface area contributed by atoms with Crippen LogP contribution in [0.25, 0.3) is 0 Å². The van der Waals surface area contributed by atoms with Gasteiger partial charge < -0.3 is 5.11 Å². The van der Waals surface area contributed by atoms with Crippen LogP contribution in [0.3, 0.4) is 0 Å². The molecule has 1 atom stereocenters. The number of carbonyl (C=O) groups is 1. The van der Waals surface area contributed by atoms with E-state index in [1.807, 2.05) is 41.5 Å². The Hall–Kier alpha value is -0.370. The Morgan fingerprint density at radius 3 is 1.00 bits per heavy atom. The minimum Gasteiger partial charge on any atom is -0.393 e. The predicted molar refractivity (Wildman–Crippen MR) is 111 cm³/mol. The number of aliphatic hydroxyl groups is 1. The zero-order chi connectivity index (χ0) is 17.4. The molecule has 0 aromatic heterocycles. The van der Waals surface area contributed by atoms with E-state index in [0.717, 1.165) is 0 Å². The Kier molecular flexibility index (Phi) is 25.3. The molecule has 148 valence electrons. The standard InChI is InChI=1S/C6H14O.C6H12O.C6H14.3CH4/c2*1-5(7)6(2,3)4;1-5-6(2,3)4;;;/h5,7H,1-4H3;1-4H3;5H2,1-4H3;3*1H4. The Morgan fingerprint density at radius 2 is 1.00 bits per heavy atom. The van der Waals surface area contributed by atoms with Crippen molar-refractivity contribution in [2.45, 2.75) is 118 Å². The molecular weight excluding hydrogens is 284 g/mol. The first-order valence-electron chi connectivity index (χ1n) is 7.64. The number of Topliss-reactive ketones (excluding diaryl/α,β-unsaturated/α-hetero) is 1. The average Bonchev–Trinajstić information content (AvgIpc) is 2.15. The first kappa shape index (κ1) is 38.3. The minimum atomic E-state index is -0.201. The molecule has 2 nitrogen and oxygen atoms in total. The van der Waals surface area contributed by atoms with Crippen LogP contribution >= 0.6 is 0 Å². The van der Waals surface area contributed by atoms with Crippen molar-refractivity contribution >= 4 is 5.78 Å². The maximum atomic E-state index is 10.5. The molecule has 0 aliphatic heterocycles. The second-order valence-corrected chi connectivity index (χ2v) is 8.76. The summed E-state index contributed by atoms with van der Waals surface area (Å²) in [6.45, 7) is 24.1. The third-order valence-corrected chi connectivity index (χ3v) is 3.37. The zero-order valence-corrected chi connectivity index (χ0v) is 16.1. The molecule has 0 aliphatic rings. The number of ketones is 1. The van der Waals surface area contributed by atoms with Crippen molar-refractivity contribution in [1.29, 1.82) is 0 Å². The van der Waals surface area contributed by atoms with Gasteiger partial charge in [-0.1, -0.05) is 97.9 Å². The lowest BCUT2D eigenvalue weighted by molar-refractivity contribution is -0.124. The summed E-state index contributed by atoms with van der Waals surface area (Å²) in [5.74, 6) is 0.243. The summed E-state index contributed by atoms with van der Waals surface area (Å²) in [5, 5.41) is 8.89. The van der Waals surface area contributed by atoms with Gasteiger partial charge in [0.05, 0.1) is 6.10 Å². The number of hydrogen-bond acceptors (Lipinski definition) is 2. The van der Waals surface area contributed by atoms with Gasteiger partial charge in [0.1, 0.15) is 5.78 Å². The number of rotatable bonds is 0. The summed E-state index contributed by atoms with van der Waals surface area (Å²) < 4.78 is 0. The second-order valence-electron chi connectivity index (χ2n) is 8.76. The van der Waals surface area contributed by atoms with Crippen molar-refractivity contribution in [3.8, 4) is 0 Å². The van der Waals surface area contributed by atoms with E-state index in [9.17, 15) is 4.79 Å². The molecule has 0 heterocycles. The van der Waals surface area contributed by atoms with Gasteiger partial charge in [0.2, 0.25) is 0 Å². The van der Waals surface area contributed by atoms with Crippen molar-refractivity contribution in [2.24, 2.45) is 16.2 Å². The van der Waals surface area contributed by atoms with Gasteiger partial charge in [0, 0.05) is 5.41 Å². The summed E-state index contributed by atoms with van der Waals surface area (Å²) in [5.41, 5.74) is 0.458. The Bertz CT molecular complexity index is 244. The van der Waals surface area contributed by atoms with Crippen LogP contribution in [-0.4, -0.2) is 17.0 Å². The highest BCUT2D eigenvalue weighted by molar-refractivity contribution is 5.80. The van der Waals surface area contributed by atoms with E-state index in [-0.39, 0.29) is 45.0 Å². The maximum absolute atomic E-state index is 10.5. The molecule has 0 saturated carbocycles. The van der Waals surface area contributed by atoms with Gasteiger partial charge in [0.15, 0.2) is 0 Å². The molecule has 1 N–H and O–H groups in total. The normalized spacial score (nSPS) is 11.7. The third kappa shape index (κ3) is 38.9. The highest BCUT2D eigenvalue weighted by Crippen LogP contribution is 2.17. The molecule has 0 radical (unpaired) electrons. The molecule has 23 heavy (non-hydrogen) atoms. The quantitative estimate of drug-likeness (QED) is 0.501. The van der Waals surface area contributed by atoms with Gasteiger partial charge in [-0.05, 0) is 24.7 Å². The van der Waals surface area contributed by atoms with E-state index in [0.29, 0.717) is 5.41 Å². The summed E-state index contributed by atoms with van der Waals surface area (Å²) >= 11 is 0. The molecule has 0 amide bonds. The van der Waals surface area contributed by atoms with E-state index in [2.05, 4.69) is 27.7 Å². The van der Waals surface area contributed by atoms with Crippen LogP contribution in [0, 0.1) is 16.2 Å². The maximum Gasteiger partial charge on any atom is 0.135 e. The summed E-state index contributed by atoms with van der Waals surface area (Å²) in [4.78, 5) is 10.5. The zero-order valence-electron chi connectivity index (χ0n) is 16.1. The van der Waals surface area contributed by atoms with E-state index in [1.165, 1.54) is 6.42 Å². The van der Waals surface area contributed by atoms with Gasteiger partial charge in [-0.3, -0.25) is 4.79 Å². The molecule has 0 saturated heterocycles. The molecule has 1 unspecified atom stereocenters. The van der Waals surface area contributed by atoms with Crippen molar-refractivity contribution in [3.05, 3.63) is 0 Å². The largest absolute Gasteiger partial charge is 0.393 e. The van der Waals surface area contributed by atoms with Crippen molar-refractivity contribution in [1.82, 2.24) is 0 Å². The topological polar surface area (TPSA) is 37.3 Å². The van der Waals surface area contributed by atoms with Crippen molar-refractivity contribution in [2.75, 3.05) is 0 Å². The van der Waals surface area contributed by atoms with Crippen LogP contribution in [-0.2, 0) is 4.79 Å². The molecule has 2 heteroatoms. The third-order valence-electron chi connectivity index (χ3n) is 3.37. The smallest absolute Gasteiger partial charge is 0.135 e. The molecule has 0 bridgehead atoms. The second kappa shape index (κ2) is 15.2.